The predicted octanol–water partition coefficient (Wildman–Crippen LogP) is 3.79. The molecule has 1 saturated carbocycles. The maximum absolute atomic E-state index is 12.5. The molecule has 4 nitrogen and oxygen atoms in total. The molecule has 4 rings (SSSR count). The molecule has 2 heterocycles. The van der Waals surface area contributed by atoms with E-state index in [-0.39, 0.29) is 23.1 Å². The first-order valence-corrected chi connectivity index (χ1v) is 11.3. The molecular formula is C21H24N2O2S2. The lowest BCUT2D eigenvalue weighted by molar-refractivity contribution is -0.130. The Kier molecular flexibility index (Phi) is 5.55. The third-order valence-corrected chi connectivity index (χ3v) is 7.61. The largest absolute Gasteiger partial charge is 0.351 e. The second-order valence-electron chi connectivity index (χ2n) is 7.40. The molecule has 1 unspecified atom stereocenters. The molecule has 1 saturated heterocycles. The van der Waals surface area contributed by atoms with E-state index in [0.717, 1.165) is 37.2 Å². The zero-order valence-corrected chi connectivity index (χ0v) is 16.9. The van der Waals surface area contributed by atoms with Crippen molar-refractivity contribution in [2.45, 2.75) is 30.7 Å². The van der Waals surface area contributed by atoms with Crippen LogP contribution in [0.5, 0.6) is 0 Å². The molecule has 0 bridgehead atoms. The number of rotatable bonds is 6. The molecule has 1 spiro atoms. The van der Waals surface area contributed by atoms with Crippen molar-refractivity contribution in [3.05, 3.63) is 52.7 Å². The van der Waals surface area contributed by atoms with Gasteiger partial charge in [0.25, 0.3) is 0 Å². The second kappa shape index (κ2) is 8.07. The number of amides is 2. The Balaban J connectivity index is 1.21. The van der Waals surface area contributed by atoms with E-state index in [1.165, 1.54) is 4.88 Å². The van der Waals surface area contributed by atoms with Gasteiger partial charge in [0.1, 0.15) is 0 Å². The summed E-state index contributed by atoms with van der Waals surface area (Å²) in [6.07, 6.45) is 2.88. The highest BCUT2D eigenvalue weighted by atomic mass is 32.2. The van der Waals surface area contributed by atoms with E-state index in [1.807, 2.05) is 52.7 Å². The fourth-order valence-corrected chi connectivity index (χ4v) is 5.40. The molecule has 2 aromatic rings. The smallest absolute Gasteiger partial charge is 0.232 e. The highest BCUT2D eigenvalue weighted by Gasteiger charge is 2.58. The van der Waals surface area contributed by atoms with Gasteiger partial charge in [-0.2, -0.15) is 0 Å². The summed E-state index contributed by atoms with van der Waals surface area (Å²) >= 11 is 3.26. The van der Waals surface area contributed by atoms with E-state index in [9.17, 15) is 9.59 Å². The number of hydrogen-bond donors (Lipinski definition) is 1. The third-order valence-electron chi connectivity index (χ3n) is 5.74. The van der Waals surface area contributed by atoms with Gasteiger partial charge in [-0.05, 0) is 48.3 Å². The molecule has 1 aromatic heterocycles. The predicted molar refractivity (Wildman–Crippen MR) is 110 cm³/mol. The fourth-order valence-electron chi connectivity index (χ4n) is 3.94. The van der Waals surface area contributed by atoms with Crippen molar-refractivity contribution in [2.24, 2.45) is 11.3 Å². The number of hydrogen-bond acceptors (Lipinski definition) is 4. The van der Waals surface area contributed by atoms with E-state index in [1.54, 1.807) is 23.1 Å². The van der Waals surface area contributed by atoms with Crippen LogP contribution in [0.25, 0.3) is 0 Å². The van der Waals surface area contributed by atoms with Crippen LogP contribution in [0.4, 0.5) is 0 Å². The Hall–Kier alpha value is -1.79. The van der Waals surface area contributed by atoms with E-state index < -0.39 is 0 Å². The fraction of sp³-hybridized carbons (Fsp3) is 0.429. The maximum Gasteiger partial charge on any atom is 0.232 e. The molecule has 1 aliphatic heterocycles. The number of carbonyl (C=O) groups excluding carboxylic acids is 2. The number of carbonyl (C=O) groups is 2. The average molecular weight is 401 g/mol. The summed E-state index contributed by atoms with van der Waals surface area (Å²) in [5, 5.41) is 5.11. The lowest BCUT2D eigenvalue weighted by Gasteiger charge is -2.32. The molecule has 1 aliphatic carbocycles. The maximum atomic E-state index is 12.5. The molecule has 2 fully saturated rings. The van der Waals surface area contributed by atoms with Gasteiger partial charge in [-0.1, -0.05) is 24.3 Å². The number of thiophene rings is 1. The van der Waals surface area contributed by atoms with Gasteiger partial charge >= 0.3 is 0 Å². The normalized spacial score (nSPS) is 20.4. The lowest BCUT2D eigenvalue weighted by atomic mass is 9.90. The Morgan fingerprint density at radius 1 is 1.15 bits per heavy atom. The number of piperidine rings is 1. The Labute approximate surface area is 168 Å². The minimum absolute atomic E-state index is 0.133. The number of benzene rings is 1. The van der Waals surface area contributed by atoms with E-state index >= 15 is 0 Å². The van der Waals surface area contributed by atoms with Crippen molar-refractivity contribution < 1.29 is 9.59 Å². The van der Waals surface area contributed by atoms with Crippen LogP contribution in [0.1, 0.15) is 24.1 Å². The first-order chi connectivity index (χ1) is 13.2. The van der Waals surface area contributed by atoms with Crippen LogP contribution in [0, 0.1) is 11.3 Å². The summed E-state index contributed by atoms with van der Waals surface area (Å²) < 4.78 is 0. The van der Waals surface area contributed by atoms with Gasteiger partial charge in [0.15, 0.2) is 0 Å². The molecule has 0 radical (unpaired) electrons. The summed E-state index contributed by atoms with van der Waals surface area (Å²) in [5.74, 6) is 1.01. The van der Waals surface area contributed by atoms with Crippen molar-refractivity contribution in [3.8, 4) is 0 Å². The van der Waals surface area contributed by atoms with Crippen molar-refractivity contribution in [1.29, 1.82) is 0 Å². The topological polar surface area (TPSA) is 49.4 Å². The van der Waals surface area contributed by atoms with Crippen LogP contribution in [-0.2, 0) is 16.1 Å². The molecule has 142 valence electrons. The summed E-state index contributed by atoms with van der Waals surface area (Å²) in [4.78, 5) is 29.2. The summed E-state index contributed by atoms with van der Waals surface area (Å²) in [5.41, 5.74) is 0.142. The van der Waals surface area contributed by atoms with Gasteiger partial charge in [0, 0.05) is 28.8 Å². The van der Waals surface area contributed by atoms with Gasteiger partial charge < -0.3 is 10.2 Å². The molecule has 2 amide bonds. The van der Waals surface area contributed by atoms with Crippen LogP contribution in [0.2, 0.25) is 0 Å². The molecule has 1 aromatic carbocycles. The third kappa shape index (κ3) is 4.38. The molecule has 1 atom stereocenters. The second-order valence-corrected chi connectivity index (χ2v) is 9.48. The van der Waals surface area contributed by atoms with Crippen molar-refractivity contribution in [2.75, 3.05) is 18.8 Å². The summed E-state index contributed by atoms with van der Waals surface area (Å²) in [7, 11) is 0. The highest BCUT2D eigenvalue weighted by Crippen LogP contribution is 2.59. The quantitative estimate of drug-likeness (QED) is 0.751. The van der Waals surface area contributed by atoms with Crippen molar-refractivity contribution >= 4 is 34.9 Å². The number of thioether (sulfide) groups is 1. The molecule has 2 aliphatic rings. The van der Waals surface area contributed by atoms with Gasteiger partial charge in [-0.15, -0.1) is 23.1 Å². The van der Waals surface area contributed by atoms with E-state index in [4.69, 9.17) is 0 Å². The standard InChI is InChI=1S/C21H24N2O2S2/c24-19(15-27-16-5-2-1-3-6-16)23-10-8-21(9-11-23)13-18(21)20(25)22-14-17-7-4-12-26-17/h1-7,12,18H,8-11,13-15H2,(H,22,25). The number of likely N-dealkylation sites (tertiary alicyclic amines) is 1. The summed E-state index contributed by atoms with van der Waals surface area (Å²) in [6.45, 7) is 2.19. The van der Waals surface area contributed by atoms with Crippen LogP contribution < -0.4 is 5.32 Å². The zero-order valence-electron chi connectivity index (χ0n) is 15.2. The first-order valence-electron chi connectivity index (χ1n) is 9.42. The molecule has 27 heavy (non-hydrogen) atoms. The van der Waals surface area contributed by atoms with Gasteiger partial charge in [0.2, 0.25) is 11.8 Å². The first kappa shape index (κ1) is 18.6. The van der Waals surface area contributed by atoms with Crippen LogP contribution in [0.15, 0.2) is 52.7 Å². The lowest BCUT2D eigenvalue weighted by Crippen LogP contribution is -2.41. The van der Waals surface area contributed by atoms with Gasteiger partial charge in [-0.25, -0.2) is 0 Å². The Bertz CT molecular complexity index is 784. The molecule has 1 N–H and O–H groups in total. The highest BCUT2D eigenvalue weighted by molar-refractivity contribution is 8.00. The van der Waals surface area contributed by atoms with Gasteiger partial charge in [-0.3, -0.25) is 9.59 Å². The van der Waals surface area contributed by atoms with Crippen molar-refractivity contribution in [1.82, 2.24) is 10.2 Å². The van der Waals surface area contributed by atoms with Gasteiger partial charge in [0.05, 0.1) is 12.3 Å². The minimum atomic E-state index is 0.133. The Morgan fingerprint density at radius 2 is 1.93 bits per heavy atom. The van der Waals surface area contributed by atoms with Crippen LogP contribution >= 0.6 is 23.1 Å². The van der Waals surface area contributed by atoms with Crippen molar-refractivity contribution in [3.63, 3.8) is 0 Å². The zero-order chi connectivity index (χ0) is 18.7. The van der Waals surface area contributed by atoms with Crippen LogP contribution in [0.3, 0.4) is 0 Å². The number of nitrogens with zero attached hydrogens (tertiary/aromatic N) is 1. The Morgan fingerprint density at radius 3 is 2.63 bits per heavy atom. The SMILES string of the molecule is O=C(NCc1cccs1)C1CC12CCN(C(=O)CSc1ccccc1)CC2. The average Bonchev–Trinajstić information content (AvgIpc) is 3.14. The summed E-state index contributed by atoms with van der Waals surface area (Å²) in [6, 6.07) is 14.1. The molecular weight excluding hydrogens is 376 g/mol. The van der Waals surface area contributed by atoms with Crippen LogP contribution in [-0.4, -0.2) is 35.6 Å². The van der Waals surface area contributed by atoms with E-state index in [0.29, 0.717) is 12.3 Å². The molecule has 6 heteroatoms. The monoisotopic (exact) mass is 400 g/mol. The number of nitrogens with one attached hydrogen (secondary N) is 1. The minimum Gasteiger partial charge on any atom is -0.351 e. The van der Waals surface area contributed by atoms with E-state index in [2.05, 4.69) is 5.32 Å².